The first-order valence-electron chi connectivity index (χ1n) is 7.58. The SMILES string of the molecule is CC[Si](O)(CC)C(C)CN(C)[C@@H]1CC(O)O[C@H](C)C1. The van der Waals surface area contributed by atoms with Crippen LogP contribution < -0.4 is 0 Å². The normalized spacial score (nSPS) is 30.6. The van der Waals surface area contributed by atoms with Crippen LogP contribution in [-0.4, -0.2) is 55.1 Å². The molecule has 0 aromatic rings. The Kier molecular flexibility index (Phi) is 6.46. The molecule has 0 radical (unpaired) electrons. The summed E-state index contributed by atoms with van der Waals surface area (Å²) in [5, 5.41) is 9.70. The molecule has 1 heterocycles. The highest BCUT2D eigenvalue weighted by Crippen LogP contribution is 2.29. The fourth-order valence-corrected chi connectivity index (χ4v) is 5.67. The molecule has 4 atom stereocenters. The lowest BCUT2D eigenvalue weighted by atomic mass is 10.0. The van der Waals surface area contributed by atoms with Gasteiger partial charge in [0.15, 0.2) is 14.6 Å². The van der Waals surface area contributed by atoms with Crippen molar-refractivity contribution in [3.05, 3.63) is 0 Å². The molecule has 0 aliphatic carbocycles. The van der Waals surface area contributed by atoms with Gasteiger partial charge in [0.05, 0.1) is 6.10 Å². The summed E-state index contributed by atoms with van der Waals surface area (Å²) in [5.41, 5.74) is 0.364. The monoisotopic (exact) mass is 289 g/mol. The maximum atomic E-state index is 10.7. The molecule has 5 heteroatoms. The fraction of sp³-hybridized carbons (Fsp3) is 1.00. The van der Waals surface area contributed by atoms with E-state index in [4.69, 9.17) is 4.74 Å². The van der Waals surface area contributed by atoms with Crippen LogP contribution in [0.4, 0.5) is 0 Å². The predicted molar refractivity (Wildman–Crippen MR) is 80.6 cm³/mol. The summed E-state index contributed by atoms with van der Waals surface area (Å²) in [6.45, 7) is 9.30. The van der Waals surface area contributed by atoms with Crippen LogP contribution in [0.25, 0.3) is 0 Å². The molecule has 1 saturated heterocycles. The maximum Gasteiger partial charge on any atom is 0.192 e. The zero-order valence-corrected chi connectivity index (χ0v) is 14.1. The van der Waals surface area contributed by atoms with Gasteiger partial charge in [0.2, 0.25) is 0 Å². The Labute approximate surface area is 118 Å². The van der Waals surface area contributed by atoms with Crippen molar-refractivity contribution in [1.29, 1.82) is 0 Å². The average molecular weight is 289 g/mol. The first kappa shape index (κ1) is 17.1. The smallest absolute Gasteiger partial charge is 0.192 e. The van der Waals surface area contributed by atoms with Crippen LogP contribution in [0.15, 0.2) is 0 Å². The Bertz CT molecular complexity index is 263. The standard InChI is InChI=1S/C14H31NO3Si/c1-6-19(17,7-2)12(4)10-15(5)13-8-11(3)18-14(16)9-13/h11-14,16-17H,6-10H2,1-5H3/t11-,12?,13+,14?/m1/s1. The second-order valence-corrected chi connectivity index (χ2v) is 10.8. The van der Waals surface area contributed by atoms with E-state index in [1.54, 1.807) is 0 Å². The first-order valence-corrected chi connectivity index (χ1v) is 10.0. The van der Waals surface area contributed by atoms with Crippen LogP contribution in [0.1, 0.15) is 40.5 Å². The van der Waals surface area contributed by atoms with Crippen LogP contribution in [-0.2, 0) is 4.74 Å². The number of aliphatic hydroxyl groups is 1. The molecule has 114 valence electrons. The highest BCUT2D eigenvalue weighted by Gasteiger charge is 2.36. The molecule has 0 bridgehead atoms. The molecular formula is C14H31NO3Si. The predicted octanol–water partition coefficient (Wildman–Crippen LogP) is 2.17. The van der Waals surface area contributed by atoms with Gasteiger partial charge in [0.1, 0.15) is 0 Å². The second-order valence-electron chi connectivity index (χ2n) is 6.18. The topological polar surface area (TPSA) is 52.9 Å². The van der Waals surface area contributed by atoms with E-state index < -0.39 is 14.6 Å². The highest BCUT2D eigenvalue weighted by molar-refractivity contribution is 6.73. The van der Waals surface area contributed by atoms with Gasteiger partial charge in [-0.2, -0.15) is 0 Å². The van der Waals surface area contributed by atoms with E-state index in [2.05, 4.69) is 32.7 Å². The van der Waals surface area contributed by atoms with Gasteiger partial charge in [-0.3, -0.25) is 0 Å². The van der Waals surface area contributed by atoms with Gasteiger partial charge in [0.25, 0.3) is 0 Å². The van der Waals surface area contributed by atoms with Crippen molar-refractivity contribution in [2.75, 3.05) is 13.6 Å². The van der Waals surface area contributed by atoms with Crippen molar-refractivity contribution in [1.82, 2.24) is 4.90 Å². The zero-order chi connectivity index (χ0) is 14.6. The van der Waals surface area contributed by atoms with Crippen molar-refractivity contribution in [2.24, 2.45) is 0 Å². The third-order valence-electron chi connectivity index (χ3n) is 4.79. The van der Waals surface area contributed by atoms with Gasteiger partial charge >= 0.3 is 0 Å². The molecule has 0 saturated carbocycles. The van der Waals surface area contributed by atoms with E-state index in [0.29, 0.717) is 18.0 Å². The summed E-state index contributed by atoms with van der Waals surface area (Å²) in [5.74, 6) is 0. The summed E-state index contributed by atoms with van der Waals surface area (Å²) < 4.78 is 5.37. The molecule has 2 unspecified atom stereocenters. The number of ether oxygens (including phenoxy) is 1. The number of hydrogen-bond donors (Lipinski definition) is 2. The lowest BCUT2D eigenvalue weighted by Gasteiger charge is -2.40. The fourth-order valence-electron chi connectivity index (χ4n) is 3.15. The molecule has 4 nitrogen and oxygen atoms in total. The summed E-state index contributed by atoms with van der Waals surface area (Å²) in [6, 6.07) is 2.20. The van der Waals surface area contributed by atoms with E-state index in [9.17, 15) is 9.90 Å². The lowest BCUT2D eigenvalue weighted by molar-refractivity contribution is -0.173. The molecule has 2 N–H and O–H groups in total. The third kappa shape index (κ3) is 4.53. The van der Waals surface area contributed by atoms with Gasteiger partial charge in [-0.1, -0.05) is 20.8 Å². The van der Waals surface area contributed by atoms with Gasteiger partial charge in [-0.25, -0.2) is 0 Å². The number of rotatable bonds is 6. The summed E-state index contributed by atoms with van der Waals surface area (Å²) in [4.78, 5) is 13.0. The van der Waals surface area contributed by atoms with Crippen molar-refractivity contribution < 1.29 is 14.6 Å². The third-order valence-corrected chi connectivity index (χ3v) is 9.26. The molecule has 0 spiro atoms. The largest absolute Gasteiger partial charge is 0.431 e. The summed E-state index contributed by atoms with van der Waals surface area (Å²) >= 11 is 0. The number of aliphatic hydroxyl groups excluding tert-OH is 1. The highest BCUT2D eigenvalue weighted by atomic mass is 28.4. The summed E-state index contributed by atoms with van der Waals surface area (Å²) in [6.07, 6.45) is 1.10. The van der Waals surface area contributed by atoms with Gasteiger partial charge < -0.3 is 19.5 Å². The number of nitrogens with zero attached hydrogens (tertiary/aromatic N) is 1. The molecule has 1 aliphatic heterocycles. The van der Waals surface area contributed by atoms with Crippen molar-refractivity contribution in [2.45, 2.75) is 76.6 Å². The zero-order valence-electron chi connectivity index (χ0n) is 13.1. The van der Waals surface area contributed by atoms with Gasteiger partial charge in [-0.15, -0.1) is 0 Å². The van der Waals surface area contributed by atoms with E-state index in [0.717, 1.165) is 25.1 Å². The molecule has 0 aromatic heterocycles. The second kappa shape index (κ2) is 7.18. The van der Waals surface area contributed by atoms with Crippen LogP contribution in [0.2, 0.25) is 17.6 Å². The van der Waals surface area contributed by atoms with Crippen LogP contribution in [0, 0.1) is 0 Å². The van der Waals surface area contributed by atoms with E-state index in [1.807, 2.05) is 6.92 Å². The Hall–Kier alpha value is 0.0569. The van der Waals surface area contributed by atoms with Gasteiger partial charge in [0, 0.05) is 19.0 Å². The quantitative estimate of drug-likeness (QED) is 0.736. The lowest BCUT2D eigenvalue weighted by Crippen LogP contribution is -2.48. The van der Waals surface area contributed by atoms with Crippen LogP contribution in [0.5, 0.6) is 0 Å². The molecule has 19 heavy (non-hydrogen) atoms. The van der Waals surface area contributed by atoms with E-state index in [-0.39, 0.29) is 6.10 Å². The Morgan fingerprint density at radius 3 is 2.37 bits per heavy atom. The van der Waals surface area contributed by atoms with Gasteiger partial charge in [-0.05, 0) is 38.0 Å². The van der Waals surface area contributed by atoms with Crippen molar-refractivity contribution in [3.63, 3.8) is 0 Å². The first-order chi connectivity index (χ1) is 8.82. The van der Waals surface area contributed by atoms with E-state index >= 15 is 0 Å². The van der Waals surface area contributed by atoms with Crippen LogP contribution in [0.3, 0.4) is 0 Å². The molecule has 1 aliphatic rings. The Morgan fingerprint density at radius 2 is 1.89 bits per heavy atom. The van der Waals surface area contributed by atoms with Crippen LogP contribution >= 0.6 is 0 Å². The molecular weight excluding hydrogens is 258 g/mol. The molecule has 1 rings (SSSR count). The van der Waals surface area contributed by atoms with Crippen molar-refractivity contribution in [3.8, 4) is 0 Å². The summed E-state index contributed by atoms with van der Waals surface area (Å²) in [7, 11) is 0.00676. The Morgan fingerprint density at radius 1 is 1.32 bits per heavy atom. The van der Waals surface area contributed by atoms with Crippen molar-refractivity contribution >= 4 is 8.32 Å². The molecule has 0 amide bonds. The minimum Gasteiger partial charge on any atom is -0.431 e. The number of hydrogen-bond acceptors (Lipinski definition) is 4. The molecule has 1 fully saturated rings. The van der Waals surface area contributed by atoms with E-state index in [1.165, 1.54) is 0 Å². The Balaban J connectivity index is 2.56. The minimum absolute atomic E-state index is 0.111. The minimum atomic E-state index is -2.10. The average Bonchev–Trinajstić information content (AvgIpc) is 2.36. The molecule has 0 aromatic carbocycles. The maximum absolute atomic E-state index is 10.7.